The van der Waals surface area contributed by atoms with Crippen LogP contribution in [0.4, 0.5) is 0 Å². The van der Waals surface area contributed by atoms with Gasteiger partial charge in [0.15, 0.2) is 0 Å². The van der Waals surface area contributed by atoms with Crippen molar-refractivity contribution in [1.29, 1.82) is 0 Å². The summed E-state index contributed by atoms with van der Waals surface area (Å²) in [6.07, 6.45) is 5.97. The summed E-state index contributed by atoms with van der Waals surface area (Å²) in [7, 11) is 0. The number of rotatable bonds is 3. The van der Waals surface area contributed by atoms with Crippen molar-refractivity contribution >= 4 is 17.7 Å². The molecule has 1 saturated carbocycles. The molecule has 18 heavy (non-hydrogen) atoms. The summed E-state index contributed by atoms with van der Waals surface area (Å²) in [6, 6.07) is 0. The van der Waals surface area contributed by atoms with E-state index in [0.717, 1.165) is 43.1 Å². The van der Waals surface area contributed by atoms with Gasteiger partial charge < -0.3 is 10.4 Å². The average molecular weight is 271 g/mol. The lowest BCUT2D eigenvalue weighted by Gasteiger charge is -2.33. The van der Waals surface area contributed by atoms with E-state index in [1.54, 1.807) is 0 Å². The molecule has 2 aliphatic rings. The molecular formula is C14H25NO2S. The molecule has 0 bridgehead atoms. The molecule has 1 aliphatic carbocycles. The van der Waals surface area contributed by atoms with Crippen LogP contribution in [0, 0.1) is 11.8 Å². The number of hydrogen-bond donors (Lipinski definition) is 2. The third-order valence-corrected chi connectivity index (χ3v) is 5.39. The van der Waals surface area contributed by atoms with Gasteiger partial charge in [-0.2, -0.15) is 11.8 Å². The number of hydrogen-bond acceptors (Lipinski definition) is 3. The Kier molecular flexibility index (Phi) is 4.96. The molecule has 4 heteroatoms. The third kappa shape index (κ3) is 3.89. The van der Waals surface area contributed by atoms with E-state index >= 15 is 0 Å². The maximum absolute atomic E-state index is 12.1. The van der Waals surface area contributed by atoms with Crippen molar-refractivity contribution in [3.8, 4) is 0 Å². The van der Waals surface area contributed by atoms with Crippen molar-refractivity contribution in [2.45, 2.75) is 51.0 Å². The molecule has 3 nitrogen and oxygen atoms in total. The minimum atomic E-state index is -0.650. The van der Waals surface area contributed by atoms with E-state index in [9.17, 15) is 9.90 Å². The third-order valence-electron chi connectivity index (χ3n) is 4.40. The highest BCUT2D eigenvalue weighted by Crippen LogP contribution is 2.29. The topological polar surface area (TPSA) is 49.3 Å². The van der Waals surface area contributed by atoms with Crippen molar-refractivity contribution in [1.82, 2.24) is 5.32 Å². The highest BCUT2D eigenvalue weighted by atomic mass is 32.2. The molecule has 0 radical (unpaired) electrons. The van der Waals surface area contributed by atoms with Gasteiger partial charge in [-0.1, -0.05) is 6.92 Å². The monoisotopic (exact) mass is 271 g/mol. The predicted octanol–water partition coefficient (Wildman–Crippen LogP) is 2.19. The lowest BCUT2D eigenvalue weighted by molar-refractivity contribution is -0.127. The maximum Gasteiger partial charge on any atom is 0.223 e. The fraction of sp³-hybridized carbons (Fsp3) is 0.929. The van der Waals surface area contributed by atoms with Crippen molar-refractivity contribution in [3.63, 3.8) is 0 Å². The number of aliphatic hydroxyl groups is 1. The first-order valence-electron chi connectivity index (χ1n) is 7.17. The van der Waals surface area contributed by atoms with Crippen LogP contribution in [0.15, 0.2) is 0 Å². The van der Waals surface area contributed by atoms with E-state index in [2.05, 4.69) is 12.2 Å². The van der Waals surface area contributed by atoms with Crippen LogP contribution in [-0.2, 0) is 4.79 Å². The van der Waals surface area contributed by atoms with E-state index in [-0.39, 0.29) is 11.8 Å². The summed E-state index contributed by atoms with van der Waals surface area (Å²) >= 11 is 1.89. The van der Waals surface area contributed by atoms with Gasteiger partial charge in [-0.05, 0) is 55.9 Å². The second kappa shape index (κ2) is 6.29. The number of carbonyl (C=O) groups excluding carboxylic acids is 1. The lowest BCUT2D eigenvalue weighted by atomic mass is 9.82. The summed E-state index contributed by atoms with van der Waals surface area (Å²) in [5.41, 5.74) is -0.650. The Bertz CT molecular complexity index is 282. The fourth-order valence-corrected chi connectivity index (χ4v) is 4.10. The normalized spacial score (nSPS) is 31.9. The molecule has 1 aliphatic heterocycles. The summed E-state index contributed by atoms with van der Waals surface area (Å²) in [5, 5.41) is 13.3. The van der Waals surface area contributed by atoms with E-state index in [0.29, 0.717) is 6.54 Å². The van der Waals surface area contributed by atoms with E-state index in [1.165, 1.54) is 12.8 Å². The number of amides is 1. The molecule has 2 N–H and O–H groups in total. The predicted molar refractivity (Wildman–Crippen MR) is 75.6 cm³/mol. The van der Waals surface area contributed by atoms with Crippen LogP contribution in [0.5, 0.6) is 0 Å². The Labute approximate surface area is 114 Å². The summed E-state index contributed by atoms with van der Waals surface area (Å²) in [5.74, 6) is 3.13. The van der Waals surface area contributed by atoms with Crippen molar-refractivity contribution in [3.05, 3.63) is 0 Å². The molecule has 0 aromatic rings. The van der Waals surface area contributed by atoms with Crippen LogP contribution in [0.1, 0.15) is 45.4 Å². The van der Waals surface area contributed by atoms with Gasteiger partial charge in [0.1, 0.15) is 0 Å². The van der Waals surface area contributed by atoms with Crippen LogP contribution in [0.25, 0.3) is 0 Å². The molecule has 0 unspecified atom stereocenters. The summed E-state index contributed by atoms with van der Waals surface area (Å²) in [4.78, 5) is 12.1. The second-order valence-electron chi connectivity index (χ2n) is 6.01. The Morgan fingerprint density at radius 1 is 1.28 bits per heavy atom. The van der Waals surface area contributed by atoms with Gasteiger partial charge in [0, 0.05) is 12.5 Å². The maximum atomic E-state index is 12.1. The minimum Gasteiger partial charge on any atom is -0.388 e. The molecular weight excluding hydrogens is 246 g/mol. The molecule has 1 heterocycles. The zero-order chi connectivity index (χ0) is 13.0. The molecule has 2 fully saturated rings. The van der Waals surface area contributed by atoms with Gasteiger partial charge in [0.25, 0.3) is 0 Å². The van der Waals surface area contributed by atoms with Gasteiger partial charge in [0.05, 0.1) is 5.60 Å². The minimum absolute atomic E-state index is 0.161. The number of thioether (sulfide) groups is 1. The highest BCUT2D eigenvalue weighted by Gasteiger charge is 2.31. The Morgan fingerprint density at radius 2 is 1.89 bits per heavy atom. The summed E-state index contributed by atoms with van der Waals surface area (Å²) < 4.78 is 0. The Balaban J connectivity index is 1.74. The van der Waals surface area contributed by atoms with Gasteiger partial charge in [-0.15, -0.1) is 0 Å². The first-order chi connectivity index (χ1) is 8.59. The summed E-state index contributed by atoms with van der Waals surface area (Å²) in [6.45, 7) is 2.70. The van der Waals surface area contributed by atoms with Crippen molar-refractivity contribution in [2.75, 3.05) is 18.1 Å². The SMILES string of the molecule is CC1CCC(C(=O)NCC2(O)CCSCC2)CC1. The van der Waals surface area contributed by atoms with Crippen molar-refractivity contribution in [2.24, 2.45) is 11.8 Å². The highest BCUT2D eigenvalue weighted by molar-refractivity contribution is 7.99. The average Bonchev–Trinajstić information content (AvgIpc) is 2.38. The molecule has 0 aromatic carbocycles. The van der Waals surface area contributed by atoms with Gasteiger partial charge >= 0.3 is 0 Å². The number of nitrogens with one attached hydrogen (secondary N) is 1. The smallest absolute Gasteiger partial charge is 0.223 e. The molecule has 1 amide bonds. The van der Waals surface area contributed by atoms with Crippen LogP contribution < -0.4 is 5.32 Å². The Hall–Kier alpha value is -0.220. The quantitative estimate of drug-likeness (QED) is 0.827. The van der Waals surface area contributed by atoms with Crippen LogP contribution in [-0.4, -0.2) is 34.7 Å². The lowest BCUT2D eigenvalue weighted by Crippen LogP contribution is -2.47. The zero-order valence-corrected chi connectivity index (χ0v) is 12.1. The van der Waals surface area contributed by atoms with Crippen LogP contribution in [0.3, 0.4) is 0 Å². The fourth-order valence-electron chi connectivity index (χ4n) is 2.85. The van der Waals surface area contributed by atoms with Gasteiger partial charge in [0.2, 0.25) is 5.91 Å². The molecule has 104 valence electrons. The second-order valence-corrected chi connectivity index (χ2v) is 7.24. The zero-order valence-electron chi connectivity index (χ0n) is 11.3. The van der Waals surface area contributed by atoms with Crippen LogP contribution in [0.2, 0.25) is 0 Å². The molecule has 0 aromatic heterocycles. The molecule has 1 saturated heterocycles. The van der Waals surface area contributed by atoms with Gasteiger partial charge in [-0.3, -0.25) is 4.79 Å². The van der Waals surface area contributed by atoms with E-state index in [4.69, 9.17) is 0 Å². The molecule has 2 rings (SSSR count). The van der Waals surface area contributed by atoms with Gasteiger partial charge in [-0.25, -0.2) is 0 Å². The molecule has 0 atom stereocenters. The molecule has 0 spiro atoms. The first kappa shape index (κ1) is 14.2. The van der Waals surface area contributed by atoms with E-state index in [1.807, 2.05) is 11.8 Å². The van der Waals surface area contributed by atoms with Crippen molar-refractivity contribution < 1.29 is 9.90 Å². The largest absolute Gasteiger partial charge is 0.388 e. The van der Waals surface area contributed by atoms with E-state index < -0.39 is 5.60 Å². The number of carbonyl (C=O) groups is 1. The van der Waals surface area contributed by atoms with Crippen LogP contribution >= 0.6 is 11.8 Å². The first-order valence-corrected chi connectivity index (χ1v) is 8.32. The Morgan fingerprint density at radius 3 is 2.50 bits per heavy atom. The standard InChI is InChI=1S/C14H25NO2S/c1-11-2-4-12(5-3-11)13(16)15-10-14(17)6-8-18-9-7-14/h11-12,17H,2-10H2,1H3,(H,15,16).